The van der Waals surface area contributed by atoms with E-state index in [9.17, 15) is 0 Å². The van der Waals surface area contributed by atoms with Crippen molar-refractivity contribution in [2.75, 3.05) is 5.88 Å². The van der Waals surface area contributed by atoms with E-state index in [0.29, 0.717) is 5.88 Å². The average molecular weight is 146 g/mol. The molecule has 1 rings (SSSR count). The van der Waals surface area contributed by atoms with Crippen molar-refractivity contribution in [3.05, 3.63) is 12.2 Å². The summed E-state index contributed by atoms with van der Waals surface area (Å²) in [6.07, 6.45) is 1.68. The number of nitrogens with zero attached hydrogens (tertiary/aromatic N) is 3. The fourth-order valence-electron chi connectivity index (χ4n) is 0.623. The molecule has 0 radical (unpaired) electrons. The lowest BCUT2D eigenvalue weighted by molar-refractivity contribution is 0.734. The van der Waals surface area contributed by atoms with Gasteiger partial charge in [-0.25, -0.2) is 0 Å². The molecule has 0 aliphatic rings. The maximum Gasteiger partial charge on any atom is 0.129 e. The number of alkyl halides is 1. The highest BCUT2D eigenvalue weighted by Gasteiger charge is 1.93. The van der Waals surface area contributed by atoms with Crippen LogP contribution in [-0.4, -0.2) is 20.6 Å². The number of aryl methyl sites for hydroxylation is 2. The molecule has 0 unspecified atom stereocenters. The molecular weight excluding hydrogens is 138 g/mol. The van der Waals surface area contributed by atoms with Crippen LogP contribution in [0.4, 0.5) is 0 Å². The first-order valence-corrected chi connectivity index (χ1v) is 3.28. The predicted molar refractivity (Wildman–Crippen MR) is 35.5 cm³/mol. The van der Waals surface area contributed by atoms with Crippen LogP contribution in [0, 0.1) is 6.92 Å². The molecular formula is C5H8ClN3. The zero-order valence-electron chi connectivity index (χ0n) is 5.21. The average Bonchev–Trinajstić information content (AvgIpc) is 2.18. The number of halogens is 1. The van der Waals surface area contributed by atoms with Crippen molar-refractivity contribution >= 4 is 11.6 Å². The van der Waals surface area contributed by atoms with Crippen LogP contribution >= 0.6 is 11.6 Å². The molecule has 0 aliphatic heterocycles. The van der Waals surface area contributed by atoms with Crippen LogP contribution in [0.15, 0.2) is 6.33 Å². The van der Waals surface area contributed by atoms with Crippen molar-refractivity contribution < 1.29 is 0 Å². The highest BCUT2D eigenvalue weighted by Crippen LogP contribution is 1.91. The Morgan fingerprint density at radius 2 is 2.56 bits per heavy atom. The molecule has 1 heterocycles. The molecule has 3 nitrogen and oxygen atoms in total. The number of rotatable bonds is 2. The Labute approximate surface area is 58.7 Å². The first-order chi connectivity index (χ1) is 4.34. The molecule has 0 saturated carbocycles. The first-order valence-electron chi connectivity index (χ1n) is 2.75. The minimum Gasteiger partial charge on any atom is -0.317 e. The highest BCUT2D eigenvalue weighted by atomic mass is 35.5. The fourth-order valence-corrected chi connectivity index (χ4v) is 0.805. The van der Waals surface area contributed by atoms with Gasteiger partial charge in [-0.2, -0.15) is 0 Å². The zero-order valence-corrected chi connectivity index (χ0v) is 5.97. The third kappa shape index (κ3) is 1.42. The van der Waals surface area contributed by atoms with Crippen LogP contribution < -0.4 is 0 Å². The standard InChI is InChI=1S/C5H8ClN3/c1-5-8-7-4-9(5)3-2-6/h4H,2-3H2,1H3. The van der Waals surface area contributed by atoms with E-state index < -0.39 is 0 Å². The van der Waals surface area contributed by atoms with E-state index in [1.807, 2.05) is 11.5 Å². The summed E-state index contributed by atoms with van der Waals surface area (Å²) in [5, 5.41) is 7.48. The quantitative estimate of drug-likeness (QED) is 0.577. The molecule has 0 amide bonds. The zero-order chi connectivity index (χ0) is 6.69. The summed E-state index contributed by atoms with van der Waals surface area (Å²) in [4.78, 5) is 0. The van der Waals surface area contributed by atoms with Gasteiger partial charge < -0.3 is 4.57 Å². The maximum atomic E-state index is 5.49. The number of hydrogen-bond acceptors (Lipinski definition) is 2. The van der Waals surface area contributed by atoms with E-state index in [1.54, 1.807) is 6.33 Å². The molecule has 1 aromatic heterocycles. The molecule has 0 aliphatic carbocycles. The van der Waals surface area contributed by atoms with Crippen LogP contribution in [0.25, 0.3) is 0 Å². The molecule has 0 atom stereocenters. The number of aromatic nitrogens is 3. The molecule has 4 heteroatoms. The molecule has 0 N–H and O–H groups in total. The SMILES string of the molecule is Cc1nncn1CCCl. The number of hydrogen-bond donors (Lipinski definition) is 0. The lowest BCUT2D eigenvalue weighted by atomic mass is 10.6. The van der Waals surface area contributed by atoms with Gasteiger partial charge in [0.15, 0.2) is 0 Å². The molecule has 0 saturated heterocycles. The monoisotopic (exact) mass is 145 g/mol. The molecule has 50 valence electrons. The molecule has 1 aromatic rings. The van der Waals surface area contributed by atoms with Gasteiger partial charge in [0.2, 0.25) is 0 Å². The van der Waals surface area contributed by atoms with Crippen LogP contribution in [0.2, 0.25) is 0 Å². The third-order valence-corrected chi connectivity index (χ3v) is 1.30. The second-order valence-electron chi connectivity index (χ2n) is 1.76. The maximum absolute atomic E-state index is 5.49. The van der Waals surface area contributed by atoms with Gasteiger partial charge in [0.05, 0.1) is 0 Å². The van der Waals surface area contributed by atoms with Gasteiger partial charge in [0.25, 0.3) is 0 Å². The van der Waals surface area contributed by atoms with Gasteiger partial charge in [-0.1, -0.05) is 0 Å². The summed E-state index contributed by atoms with van der Waals surface area (Å²) in [5.74, 6) is 1.52. The Morgan fingerprint density at radius 1 is 1.78 bits per heavy atom. The van der Waals surface area contributed by atoms with Crippen molar-refractivity contribution in [3.63, 3.8) is 0 Å². The van der Waals surface area contributed by atoms with Gasteiger partial charge in [0.1, 0.15) is 12.2 Å². The lowest BCUT2D eigenvalue weighted by Gasteiger charge is -1.96. The third-order valence-electron chi connectivity index (χ3n) is 1.13. The molecule has 0 aromatic carbocycles. The molecule has 0 bridgehead atoms. The minimum absolute atomic E-state index is 0.610. The summed E-state index contributed by atoms with van der Waals surface area (Å²) in [6.45, 7) is 2.69. The van der Waals surface area contributed by atoms with E-state index in [2.05, 4.69) is 10.2 Å². The van der Waals surface area contributed by atoms with E-state index in [4.69, 9.17) is 11.6 Å². The summed E-state index contributed by atoms with van der Waals surface area (Å²) in [7, 11) is 0. The first kappa shape index (κ1) is 6.55. The Bertz CT molecular complexity index is 184. The molecule has 0 fully saturated rings. The van der Waals surface area contributed by atoms with Crippen molar-refractivity contribution in [3.8, 4) is 0 Å². The van der Waals surface area contributed by atoms with E-state index >= 15 is 0 Å². The van der Waals surface area contributed by atoms with Crippen molar-refractivity contribution in [1.82, 2.24) is 14.8 Å². The Hall–Kier alpha value is -0.570. The van der Waals surface area contributed by atoms with Crippen molar-refractivity contribution in [1.29, 1.82) is 0 Å². The topological polar surface area (TPSA) is 30.7 Å². The van der Waals surface area contributed by atoms with Crippen LogP contribution in [0.3, 0.4) is 0 Å². The summed E-state index contributed by atoms with van der Waals surface area (Å²) < 4.78 is 1.91. The summed E-state index contributed by atoms with van der Waals surface area (Å²) in [6, 6.07) is 0. The van der Waals surface area contributed by atoms with E-state index in [0.717, 1.165) is 12.4 Å². The van der Waals surface area contributed by atoms with E-state index in [-0.39, 0.29) is 0 Å². The Balaban J connectivity index is 2.69. The fraction of sp³-hybridized carbons (Fsp3) is 0.600. The van der Waals surface area contributed by atoms with Gasteiger partial charge in [-0.15, -0.1) is 21.8 Å². The van der Waals surface area contributed by atoms with Crippen LogP contribution in [0.5, 0.6) is 0 Å². The Kier molecular flexibility index (Phi) is 2.05. The lowest BCUT2D eigenvalue weighted by Crippen LogP contribution is -1.99. The molecule has 0 spiro atoms. The van der Waals surface area contributed by atoms with Crippen LogP contribution in [-0.2, 0) is 6.54 Å². The van der Waals surface area contributed by atoms with Gasteiger partial charge in [-0.3, -0.25) is 0 Å². The van der Waals surface area contributed by atoms with Gasteiger partial charge in [0, 0.05) is 12.4 Å². The van der Waals surface area contributed by atoms with Crippen LogP contribution in [0.1, 0.15) is 5.82 Å². The predicted octanol–water partition coefficient (Wildman–Crippen LogP) is 0.825. The second-order valence-corrected chi connectivity index (χ2v) is 2.14. The smallest absolute Gasteiger partial charge is 0.129 e. The normalized spacial score (nSPS) is 10.0. The van der Waals surface area contributed by atoms with Crippen molar-refractivity contribution in [2.24, 2.45) is 0 Å². The minimum atomic E-state index is 0.610. The summed E-state index contributed by atoms with van der Waals surface area (Å²) in [5.41, 5.74) is 0. The summed E-state index contributed by atoms with van der Waals surface area (Å²) >= 11 is 5.49. The van der Waals surface area contributed by atoms with Crippen molar-refractivity contribution in [2.45, 2.75) is 13.5 Å². The van der Waals surface area contributed by atoms with E-state index in [1.165, 1.54) is 0 Å². The van der Waals surface area contributed by atoms with Gasteiger partial charge >= 0.3 is 0 Å². The molecule has 9 heavy (non-hydrogen) atoms. The Morgan fingerprint density at radius 3 is 3.00 bits per heavy atom. The highest BCUT2D eigenvalue weighted by molar-refractivity contribution is 6.17. The largest absolute Gasteiger partial charge is 0.317 e. The van der Waals surface area contributed by atoms with Gasteiger partial charge in [-0.05, 0) is 6.92 Å². The second kappa shape index (κ2) is 2.82.